The molecule has 346 valence electrons. The molecule has 3 aromatic rings. The highest BCUT2D eigenvalue weighted by Crippen LogP contribution is 2.52. The second-order valence-corrected chi connectivity index (χ2v) is 20.4. The summed E-state index contributed by atoms with van der Waals surface area (Å²) in [6, 6.07) is 12.9. The molecule has 6 rings (SSSR count). The van der Waals surface area contributed by atoms with Crippen LogP contribution in [-0.2, 0) is 9.59 Å². The zero-order valence-electron chi connectivity index (χ0n) is 40.4. The number of nitrogens with zero attached hydrogens (tertiary/aromatic N) is 2. The number of ether oxygens (including phenoxy) is 2. The maximum absolute atomic E-state index is 15.5. The molecule has 0 spiro atoms. The molecule has 7 heteroatoms. The Hall–Kier alpha value is -3.58. The van der Waals surface area contributed by atoms with Crippen LogP contribution in [0.1, 0.15) is 203 Å². The normalized spacial score (nSPS) is 16.6. The number of unbranched alkanes of at least 4 members (excludes halogenated alkanes) is 16. The van der Waals surface area contributed by atoms with Crippen LogP contribution in [-0.4, -0.2) is 38.1 Å². The van der Waals surface area contributed by atoms with Crippen molar-refractivity contribution in [3.05, 3.63) is 58.0 Å². The van der Waals surface area contributed by atoms with E-state index in [9.17, 15) is 0 Å². The number of benzene rings is 2. The molecule has 2 atom stereocenters. The van der Waals surface area contributed by atoms with Gasteiger partial charge >= 0.3 is 0 Å². The summed E-state index contributed by atoms with van der Waals surface area (Å²) in [5, 5.41) is 0. The number of carbonyl (C=O) groups is 2. The topological polar surface area (TPSA) is 59.1 Å². The van der Waals surface area contributed by atoms with Crippen LogP contribution < -0.4 is 19.3 Å². The number of anilines is 2. The fourth-order valence-electron chi connectivity index (χ4n) is 10.3. The Labute approximate surface area is 386 Å². The molecule has 2 unspecified atom stereocenters. The quantitative estimate of drug-likeness (QED) is 0.0515. The number of hydrogen-bond acceptors (Lipinski definition) is 5. The third-order valence-electron chi connectivity index (χ3n) is 14.0. The average molecular weight is 879 g/mol. The van der Waals surface area contributed by atoms with Gasteiger partial charge in [-0.1, -0.05) is 180 Å². The van der Waals surface area contributed by atoms with Crippen molar-refractivity contribution in [2.24, 2.45) is 11.8 Å². The number of hydrogen-bond donors (Lipinski definition) is 0. The van der Waals surface area contributed by atoms with Gasteiger partial charge in [0.15, 0.2) is 11.5 Å². The SMILES string of the molecule is CCCCCCCCC(CCCCCC)CN1C(=O)/C(=C2/C(=O)N(CC(CCCCCC)CCCCCCCC)c3cc(-c4sc(C)c5c4OCCO5)ccc32)c2ccc(C)cc21. The third-order valence-corrected chi connectivity index (χ3v) is 15.1. The predicted molar refractivity (Wildman–Crippen MR) is 269 cm³/mol. The predicted octanol–water partition coefficient (Wildman–Crippen LogP) is 16.1. The number of thiophene rings is 1. The van der Waals surface area contributed by atoms with Gasteiger partial charge < -0.3 is 19.3 Å². The summed E-state index contributed by atoms with van der Waals surface area (Å²) >= 11 is 1.70. The van der Waals surface area contributed by atoms with E-state index in [1.165, 1.54) is 128 Å². The molecule has 0 N–H and O–H groups in total. The van der Waals surface area contributed by atoms with Gasteiger partial charge in [0, 0.05) is 29.1 Å². The molecule has 6 nitrogen and oxygen atoms in total. The van der Waals surface area contributed by atoms with Gasteiger partial charge in [-0.3, -0.25) is 9.59 Å². The first-order chi connectivity index (χ1) is 30.8. The Balaban J connectivity index is 1.37. The molecule has 4 heterocycles. The minimum absolute atomic E-state index is 0.00553. The minimum Gasteiger partial charge on any atom is -0.485 e. The van der Waals surface area contributed by atoms with Gasteiger partial charge in [-0.25, -0.2) is 0 Å². The molecule has 0 radical (unpaired) electrons. The van der Waals surface area contributed by atoms with E-state index in [0.29, 0.717) is 49.3 Å². The molecule has 0 bridgehead atoms. The Morgan fingerprint density at radius 2 is 0.937 bits per heavy atom. The summed E-state index contributed by atoms with van der Waals surface area (Å²) in [6.45, 7) is 15.8. The molecule has 0 fully saturated rings. The number of fused-ring (bicyclic) bond motifs is 3. The standard InChI is InChI=1S/C56H82N2O4S/c1-7-11-15-19-21-25-29-43(27-23-17-13-9-3)39-57-48-37-41(5)31-33-46(48)50(55(57)59)51-47-34-32-45(54-53-52(42(6)63-54)61-35-36-62-53)38-49(47)58(56(51)60)40-44(28-24-18-14-10-4)30-26-22-20-16-12-8-2/h31-34,37-38,43-44H,7-30,35-36,39-40H2,1-6H3/b51-50+. The average Bonchev–Trinajstić information content (AvgIpc) is 3.86. The van der Waals surface area contributed by atoms with Gasteiger partial charge in [0.2, 0.25) is 0 Å². The number of aryl methyl sites for hydroxylation is 2. The van der Waals surface area contributed by atoms with E-state index in [-0.39, 0.29) is 11.8 Å². The highest BCUT2D eigenvalue weighted by molar-refractivity contribution is 7.16. The molecule has 3 aliphatic rings. The largest absolute Gasteiger partial charge is 0.485 e. The van der Waals surface area contributed by atoms with Crippen molar-refractivity contribution in [3.8, 4) is 21.9 Å². The molecular formula is C56H82N2O4S. The number of amides is 2. The van der Waals surface area contributed by atoms with E-state index in [4.69, 9.17) is 9.47 Å². The summed E-state index contributed by atoms with van der Waals surface area (Å²) in [5.74, 6) is 2.45. The number of rotatable bonds is 29. The Kier molecular flexibility index (Phi) is 19.5. The first-order valence-corrected chi connectivity index (χ1v) is 26.6. The second-order valence-electron chi connectivity index (χ2n) is 19.2. The molecule has 0 saturated heterocycles. The number of carbonyl (C=O) groups excluding carboxylic acids is 2. The molecule has 1 aromatic heterocycles. The van der Waals surface area contributed by atoms with Crippen molar-refractivity contribution in [2.45, 2.75) is 196 Å². The van der Waals surface area contributed by atoms with Gasteiger partial charge in [0.1, 0.15) is 13.2 Å². The van der Waals surface area contributed by atoms with Crippen LogP contribution in [0, 0.1) is 25.7 Å². The Bertz CT molecular complexity index is 1960. The Morgan fingerprint density at radius 3 is 1.43 bits per heavy atom. The van der Waals surface area contributed by atoms with E-state index in [2.05, 4.69) is 87.7 Å². The van der Waals surface area contributed by atoms with Gasteiger partial charge in [-0.15, -0.1) is 11.3 Å². The zero-order valence-corrected chi connectivity index (χ0v) is 41.2. The van der Waals surface area contributed by atoms with Crippen LogP contribution >= 0.6 is 11.3 Å². The highest BCUT2D eigenvalue weighted by Gasteiger charge is 2.43. The van der Waals surface area contributed by atoms with Crippen molar-refractivity contribution >= 4 is 45.7 Å². The lowest BCUT2D eigenvalue weighted by molar-refractivity contribution is -0.114. The van der Waals surface area contributed by atoms with E-state index < -0.39 is 0 Å². The summed E-state index contributed by atoms with van der Waals surface area (Å²) in [7, 11) is 0. The van der Waals surface area contributed by atoms with Crippen molar-refractivity contribution in [1.82, 2.24) is 0 Å². The van der Waals surface area contributed by atoms with Gasteiger partial charge in [0.05, 0.1) is 27.4 Å². The molecule has 63 heavy (non-hydrogen) atoms. The fraction of sp³-hybridized carbons (Fsp3) is 0.643. The minimum atomic E-state index is -0.0208. The van der Waals surface area contributed by atoms with Crippen molar-refractivity contribution in [3.63, 3.8) is 0 Å². The van der Waals surface area contributed by atoms with Gasteiger partial charge in [-0.05, 0) is 74.6 Å². The van der Waals surface area contributed by atoms with Crippen molar-refractivity contribution < 1.29 is 19.1 Å². The zero-order chi connectivity index (χ0) is 44.6. The highest BCUT2D eigenvalue weighted by atomic mass is 32.1. The van der Waals surface area contributed by atoms with Crippen molar-refractivity contribution in [1.29, 1.82) is 0 Å². The van der Waals surface area contributed by atoms with Crippen LogP contribution in [0.25, 0.3) is 21.6 Å². The lowest BCUT2D eigenvalue weighted by Crippen LogP contribution is -2.34. The Morgan fingerprint density at radius 1 is 0.524 bits per heavy atom. The lowest BCUT2D eigenvalue weighted by atomic mass is 9.93. The van der Waals surface area contributed by atoms with Crippen LogP contribution in [0.5, 0.6) is 11.5 Å². The summed E-state index contributed by atoms with van der Waals surface area (Å²) in [6.07, 6.45) is 29.6. The third kappa shape index (κ3) is 12.6. The molecule has 0 aliphatic carbocycles. The van der Waals surface area contributed by atoms with Crippen LogP contribution in [0.2, 0.25) is 0 Å². The maximum atomic E-state index is 15.5. The first kappa shape index (κ1) is 48.9. The van der Waals surface area contributed by atoms with E-state index in [0.717, 1.165) is 80.6 Å². The maximum Gasteiger partial charge on any atom is 0.259 e. The van der Waals surface area contributed by atoms with Crippen molar-refractivity contribution in [2.75, 3.05) is 36.1 Å². The lowest BCUT2D eigenvalue weighted by Gasteiger charge is -2.25. The molecule has 2 aromatic carbocycles. The summed E-state index contributed by atoms with van der Waals surface area (Å²) < 4.78 is 12.3. The summed E-state index contributed by atoms with van der Waals surface area (Å²) in [5.41, 5.74) is 7.03. The second kappa shape index (κ2) is 25.2. The molecule has 2 amide bonds. The van der Waals surface area contributed by atoms with Gasteiger partial charge in [0.25, 0.3) is 11.8 Å². The van der Waals surface area contributed by atoms with E-state index in [1.54, 1.807) is 11.3 Å². The molecule has 3 aliphatic heterocycles. The smallest absolute Gasteiger partial charge is 0.259 e. The van der Waals surface area contributed by atoms with Crippen LogP contribution in [0.15, 0.2) is 36.4 Å². The van der Waals surface area contributed by atoms with Gasteiger partial charge in [-0.2, -0.15) is 0 Å². The summed E-state index contributed by atoms with van der Waals surface area (Å²) in [4.78, 5) is 37.0. The van der Waals surface area contributed by atoms with E-state index in [1.807, 2.05) is 0 Å². The van der Waals surface area contributed by atoms with E-state index >= 15 is 9.59 Å². The molecule has 0 saturated carbocycles. The fourth-order valence-corrected chi connectivity index (χ4v) is 11.4. The van der Waals surface area contributed by atoms with Crippen LogP contribution in [0.4, 0.5) is 11.4 Å². The monoisotopic (exact) mass is 879 g/mol. The first-order valence-electron chi connectivity index (χ1n) is 25.8. The molecular weight excluding hydrogens is 797 g/mol. The van der Waals surface area contributed by atoms with Crippen LogP contribution in [0.3, 0.4) is 0 Å².